The summed E-state index contributed by atoms with van der Waals surface area (Å²) < 4.78 is 35.5. The summed E-state index contributed by atoms with van der Waals surface area (Å²) in [6, 6.07) is 6.90. The van der Waals surface area contributed by atoms with Crippen molar-refractivity contribution in [3.63, 3.8) is 0 Å². The molecule has 1 aromatic carbocycles. The number of amides is 1. The van der Waals surface area contributed by atoms with E-state index in [9.17, 15) is 18.0 Å². The van der Waals surface area contributed by atoms with Gasteiger partial charge >= 0.3 is 6.18 Å². The SMILES string of the molecule is O=C(CC(F)(F)F)NCCc1ccc(Cl)cc1. The summed E-state index contributed by atoms with van der Waals surface area (Å²) in [6.07, 6.45) is -5.42. The molecule has 0 unspecified atom stereocenters. The number of alkyl halides is 3. The second-order valence-corrected chi connectivity index (χ2v) is 3.95. The van der Waals surface area contributed by atoms with Crippen LogP contribution >= 0.6 is 11.6 Å². The second-order valence-electron chi connectivity index (χ2n) is 3.52. The van der Waals surface area contributed by atoms with Gasteiger partial charge in [0, 0.05) is 11.6 Å². The summed E-state index contributed by atoms with van der Waals surface area (Å²) in [5.74, 6) is -1.01. The van der Waals surface area contributed by atoms with Crippen molar-refractivity contribution < 1.29 is 18.0 Å². The summed E-state index contributed by atoms with van der Waals surface area (Å²) >= 11 is 5.67. The molecule has 0 aliphatic heterocycles. The molecule has 0 heterocycles. The molecule has 2 nitrogen and oxygen atoms in total. The van der Waals surface area contributed by atoms with Gasteiger partial charge in [-0.3, -0.25) is 4.79 Å². The third-order valence-corrected chi connectivity index (χ3v) is 2.26. The van der Waals surface area contributed by atoms with Crippen molar-refractivity contribution in [3.05, 3.63) is 34.9 Å². The van der Waals surface area contributed by atoms with Gasteiger partial charge in [-0.2, -0.15) is 13.2 Å². The zero-order valence-electron chi connectivity index (χ0n) is 8.85. The van der Waals surface area contributed by atoms with E-state index in [0.717, 1.165) is 5.56 Å². The van der Waals surface area contributed by atoms with E-state index in [1.165, 1.54) is 0 Å². The van der Waals surface area contributed by atoms with Crippen LogP contribution in [0.15, 0.2) is 24.3 Å². The van der Waals surface area contributed by atoms with E-state index in [1.54, 1.807) is 24.3 Å². The molecule has 1 N–H and O–H groups in total. The van der Waals surface area contributed by atoms with Crippen molar-refractivity contribution >= 4 is 17.5 Å². The smallest absolute Gasteiger partial charge is 0.355 e. The fraction of sp³-hybridized carbons (Fsp3) is 0.364. The minimum atomic E-state index is -4.45. The standard InChI is InChI=1S/C11H11ClF3NO/c12-9-3-1-8(2-4-9)5-6-16-10(17)7-11(13,14)15/h1-4H,5-7H2,(H,16,17). The van der Waals surface area contributed by atoms with E-state index >= 15 is 0 Å². The summed E-state index contributed by atoms with van der Waals surface area (Å²) in [7, 11) is 0. The number of nitrogens with one attached hydrogen (secondary N) is 1. The largest absolute Gasteiger partial charge is 0.397 e. The molecule has 0 radical (unpaired) electrons. The number of halogens is 4. The highest BCUT2D eigenvalue weighted by Crippen LogP contribution is 2.18. The number of carbonyl (C=O) groups excluding carboxylic acids is 1. The monoisotopic (exact) mass is 265 g/mol. The van der Waals surface area contributed by atoms with E-state index in [2.05, 4.69) is 5.32 Å². The van der Waals surface area contributed by atoms with E-state index in [4.69, 9.17) is 11.6 Å². The fourth-order valence-corrected chi connectivity index (χ4v) is 1.37. The highest BCUT2D eigenvalue weighted by Gasteiger charge is 2.30. The van der Waals surface area contributed by atoms with Crippen molar-refractivity contribution in [1.29, 1.82) is 0 Å². The molecule has 94 valence electrons. The van der Waals surface area contributed by atoms with Crippen molar-refractivity contribution in [3.8, 4) is 0 Å². The highest BCUT2D eigenvalue weighted by molar-refractivity contribution is 6.30. The highest BCUT2D eigenvalue weighted by atomic mass is 35.5. The van der Waals surface area contributed by atoms with Gasteiger partial charge < -0.3 is 5.32 Å². The van der Waals surface area contributed by atoms with Gasteiger partial charge in [0.2, 0.25) is 5.91 Å². The molecule has 0 aromatic heterocycles. The first-order valence-corrected chi connectivity index (χ1v) is 5.32. The van der Waals surface area contributed by atoms with Gasteiger partial charge in [-0.25, -0.2) is 0 Å². The molecule has 17 heavy (non-hydrogen) atoms. The Labute approximate surface area is 102 Å². The summed E-state index contributed by atoms with van der Waals surface area (Å²) in [6.45, 7) is 0.177. The van der Waals surface area contributed by atoms with Crippen LogP contribution in [0.4, 0.5) is 13.2 Å². The molecule has 1 amide bonds. The molecule has 0 spiro atoms. The van der Waals surface area contributed by atoms with Gasteiger partial charge in [0.05, 0.1) is 0 Å². The van der Waals surface area contributed by atoms with Crippen LogP contribution in [-0.2, 0) is 11.2 Å². The van der Waals surface area contributed by atoms with Crippen molar-refractivity contribution in [2.24, 2.45) is 0 Å². The van der Waals surface area contributed by atoms with Gasteiger partial charge in [-0.1, -0.05) is 23.7 Å². The molecule has 0 aliphatic carbocycles. The Hall–Kier alpha value is -1.23. The zero-order chi connectivity index (χ0) is 12.9. The Bertz CT molecular complexity index is 375. The fourth-order valence-electron chi connectivity index (χ4n) is 1.24. The Morgan fingerprint density at radius 1 is 1.24 bits per heavy atom. The van der Waals surface area contributed by atoms with Crippen LogP contribution in [-0.4, -0.2) is 18.6 Å². The maximum Gasteiger partial charge on any atom is 0.397 e. The van der Waals surface area contributed by atoms with Crippen LogP contribution in [0, 0.1) is 0 Å². The van der Waals surface area contributed by atoms with Crippen LogP contribution < -0.4 is 5.32 Å². The van der Waals surface area contributed by atoms with Crippen molar-refractivity contribution in [1.82, 2.24) is 5.32 Å². The molecule has 6 heteroatoms. The normalized spacial score (nSPS) is 11.3. The lowest BCUT2D eigenvalue weighted by atomic mass is 10.1. The van der Waals surface area contributed by atoms with Gasteiger partial charge in [0.15, 0.2) is 0 Å². The summed E-state index contributed by atoms with van der Waals surface area (Å²) in [4.78, 5) is 10.9. The average Bonchev–Trinajstić information content (AvgIpc) is 2.18. The topological polar surface area (TPSA) is 29.1 Å². The average molecular weight is 266 g/mol. The molecule has 0 fully saturated rings. The summed E-state index contributed by atoms with van der Waals surface area (Å²) in [5.41, 5.74) is 0.904. The predicted molar refractivity (Wildman–Crippen MR) is 58.8 cm³/mol. The first-order valence-electron chi connectivity index (χ1n) is 4.95. The molecular formula is C11H11ClF3NO. The second kappa shape index (κ2) is 5.91. The molecule has 0 saturated carbocycles. The number of rotatable bonds is 4. The molecule has 0 atom stereocenters. The van der Waals surface area contributed by atoms with Gasteiger partial charge in [-0.15, -0.1) is 0 Å². The van der Waals surface area contributed by atoms with Crippen molar-refractivity contribution in [2.75, 3.05) is 6.54 Å². The van der Waals surface area contributed by atoms with Crippen LogP contribution in [0.2, 0.25) is 5.02 Å². The number of hydrogen-bond donors (Lipinski definition) is 1. The lowest BCUT2D eigenvalue weighted by Gasteiger charge is -2.07. The maximum absolute atomic E-state index is 11.8. The number of benzene rings is 1. The molecular weight excluding hydrogens is 255 g/mol. The first kappa shape index (κ1) is 13.8. The van der Waals surface area contributed by atoms with Gasteiger partial charge in [0.1, 0.15) is 6.42 Å². The van der Waals surface area contributed by atoms with E-state index < -0.39 is 18.5 Å². The minimum Gasteiger partial charge on any atom is -0.355 e. The third kappa shape index (κ3) is 6.16. The predicted octanol–water partition coefficient (Wildman–Crippen LogP) is 2.95. The van der Waals surface area contributed by atoms with Gasteiger partial charge in [0.25, 0.3) is 0 Å². The van der Waals surface area contributed by atoms with Crippen molar-refractivity contribution in [2.45, 2.75) is 19.0 Å². The number of hydrogen-bond acceptors (Lipinski definition) is 1. The Balaban J connectivity index is 2.28. The van der Waals surface area contributed by atoms with Crippen LogP contribution in [0.5, 0.6) is 0 Å². The quantitative estimate of drug-likeness (QED) is 0.891. The van der Waals surface area contributed by atoms with Crippen LogP contribution in [0.25, 0.3) is 0 Å². The first-order chi connectivity index (χ1) is 7.87. The molecule has 0 aliphatic rings. The minimum absolute atomic E-state index is 0.177. The molecule has 0 saturated heterocycles. The van der Waals surface area contributed by atoms with E-state index in [1.807, 2.05) is 0 Å². The third-order valence-electron chi connectivity index (χ3n) is 2.01. The summed E-state index contributed by atoms with van der Waals surface area (Å²) in [5, 5.41) is 2.80. The van der Waals surface area contributed by atoms with Gasteiger partial charge in [-0.05, 0) is 24.1 Å². The van der Waals surface area contributed by atoms with E-state index in [0.29, 0.717) is 11.4 Å². The van der Waals surface area contributed by atoms with E-state index in [-0.39, 0.29) is 6.54 Å². The lowest BCUT2D eigenvalue weighted by molar-refractivity contribution is -0.153. The molecule has 0 bridgehead atoms. The van der Waals surface area contributed by atoms with Crippen LogP contribution in [0.3, 0.4) is 0 Å². The van der Waals surface area contributed by atoms with Crippen LogP contribution in [0.1, 0.15) is 12.0 Å². The molecule has 1 aromatic rings. The Morgan fingerprint density at radius 3 is 2.35 bits per heavy atom. The Kier molecular flexibility index (Phi) is 4.81. The number of carbonyl (C=O) groups is 1. The molecule has 1 rings (SSSR count). The lowest BCUT2D eigenvalue weighted by Crippen LogP contribution is -2.30. The zero-order valence-corrected chi connectivity index (χ0v) is 9.61. The maximum atomic E-state index is 11.8. The Morgan fingerprint density at radius 2 is 1.82 bits per heavy atom.